The molecule has 0 aliphatic heterocycles. The van der Waals surface area contributed by atoms with Crippen molar-refractivity contribution in [1.82, 2.24) is 0 Å². The molecule has 3 heteroatoms. The van der Waals surface area contributed by atoms with Crippen LogP contribution in [0.15, 0.2) is 24.3 Å². The van der Waals surface area contributed by atoms with Crippen molar-refractivity contribution in [2.75, 3.05) is 13.7 Å². The van der Waals surface area contributed by atoms with Crippen molar-refractivity contribution < 1.29 is 14.6 Å². The molecule has 94 valence electrons. The maximum Gasteiger partial charge on any atom is 0.119 e. The number of ether oxygens (including phenoxy) is 2. The van der Waals surface area contributed by atoms with E-state index >= 15 is 0 Å². The third kappa shape index (κ3) is 2.61. The van der Waals surface area contributed by atoms with E-state index in [1.54, 1.807) is 7.11 Å². The topological polar surface area (TPSA) is 38.7 Å². The second kappa shape index (κ2) is 5.07. The molecule has 0 spiro atoms. The number of hydrogen-bond acceptors (Lipinski definition) is 3. The Morgan fingerprint density at radius 1 is 1.29 bits per heavy atom. The molecule has 3 nitrogen and oxygen atoms in total. The summed E-state index contributed by atoms with van der Waals surface area (Å²) < 4.78 is 10.7. The van der Waals surface area contributed by atoms with Crippen LogP contribution in [0.3, 0.4) is 0 Å². The lowest BCUT2D eigenvalue weighted by Gasteiger charge is -2.43. The summed E-state index contributed by atoms with van der Waals surface area (Å²) in [4.78, 5) is 0. The van der Waals surface area contributed by atoms with Gasteiger partial charge in [0.2, 0.25) is 0 Å². The fourth-order valence-corrected chi connectivity index (χ4v) is 2.18. The molecular formula is C14H20O3. The molecule has 0 saturated heterocycles. The van der Waals surface area contributed by atoms with Gasteiger partial charge >= 0.3 is 0 Å². The van der Waals surface area contributed by atoms with Crippen LogP contribution in [-0.2, 0) is 10.3 Å². The minimum absolute atomic E-state index is 0.191. The molecule has 1 aromatic rings. The molecule has 17 heavy (non-hydrogen) atoms. The minimum Gasteiger partial charge on any atom is -0.494 e. The lowest BCUT2D eigenvalue weighted by atomic mass is 9.73. The smallest absolute Gasteiger partial charge is 0.119 e. The van der Waals surface area contributed by atoms with Crippen molar-refractivity contribution in [3.8, 4) is 5.75 Å². The van der Waals surface area contributed by atoms with Gasteiger partial charge in [0.15, 0.2) is 0 Å². The van der Waals surface area contributed by atoms with E-state index in [9.17, 15) is 5.11 Å². The summed E-state index contributed by atoms with van der Waals surface area (Å²) in [5.41, 5.74) is 0.249. The van der Waals surface area contributed by atoms with Gasteiger partial charge in [-0.2, -0.15) is 0 Å². The maximum absolute atomic E-state index is 10.3. The first-order chi connectivity index (χ1) is 8.18. The number of methoxy groups -OCH3 is 1. The Kier molecular flexibility index (Phi) is 3.69. The number of rotatable bonds is 5. The van der Waals surface area contributed by atoms with E-state index in [2.05, 4.69) is 6.92 Å². The van der Waals surface area contributed by atoms with Gasteiger partial charge in [0.1, 0.15) is 5.75 Å². The molecule has 1 aliphatic carbocycles. The van der Waals surface area contributed by atoms with Gasteiger partial charge in [0, 0.05) is 20.0 Å². The normalized spacial score (nSPS) is 27.6. The van der Waals surface area contributed by atoms with Crippen LogP contribution in [0.5, 0.6) is 5.75 Å². The monoisotopic (exact) mass is 236 g/mol. The second-order valence-electron chi connectivity index (χ2n) is 4.67. The van der Waals surface area contributed by atoms with E-state index in [4.69, 9.17) is 9.47 Å². The number of aliphatic hydroxyl groups is 1. The predicted molar refractivity (Wildman–Crippen MR) is 66.2 cm³/mol. The molecule has 2 rings (SSSR count). The Morgan fingerprint density at radius 3 is 2.47 bits per heavy atom. The molecule has 0 heterocycles. The van der Waals surface area contributed by atoms with E-state index < -0.39 is 5.60 Å². The van der Waals surface area contributed by atoms with Crippen LogP contribution >= 0.6 is 0 Å². The molecule has 0 radical (unpaired) electrons. The second-order valence-corrected chi connectivity index (χ2v) is 4.67. The Labute approximate surface area is 102 Å². The Balaban J connectivity index is 1.98. The Bertz CT molecular complexity index is 352. The lowest BCUT2D eigenvalue weighted by molar-refractivity contribution is -0.133. The number of hydrogen-bond donors (Lipinski definition) is 1. The molecule has 0 aromatic heterocycles. The zero-order chi connectivity index (χ0) is 12.3. The van der Waals surface area contributed by atoms with Gasteiger partial charge in [-0.3, -0.25) is 0 Å². The van der Waals surface area contributed by atoms with Crippen LogP contribution in [0.25, 0.3) is 0 Å². The molecule has 1 saturated carbocycles. The largest absolute Gasteiger partial charge is 0.494 e. The molecular weight excluding hydrogens is 216 g/mol. The quantitative estimate of drug-likeness (QED) is 0.853. The van der Waals surface area contributed by atoms with Crippen molar-refractivity contribution in [3.63, 3.8) is 0 Å². The molecule has 1 aliphatic rings. The maximum atomic E-state index is 10.3. The highest BCUT2D eigenvalue weighted by Gasteiger charge is 2.44. The summed E-state index contributed by atoms with van der Waals surface area (Å²) in [5, 5.41) is 10.3. The van der Waals surface area contributed by atoms with Gasteiger partial charge in [-0.15, -0.1) is 0 Å². The first kappa shape index (κ1) is 12.4. The lowest BCUT2D eigenvalue weighted by Crippen LogP contribution is -2.45. The molecule has 0 atom stereocenters. The highest BCUT2D eigenvalue weighted by molar-refractivity contribution is 5.32. The summed E-state index contributed by atoms with van der Waals surface area (Å²) in [5.74, 6) is 0.863. The highest BCUT2D eigenvalue weighted by atomic mass is 16.5. The molecule has 0 unspecified atom stereocenters. The van der Waals surface area contributed by atoms with E-state index in [1.807, 2.05) is 24.3 Å². The van der Waals surface area contributed by atoms with E-state index in [-0.39, 0.29) is 6.10 Å². The predicted octanol–water partition coefficient (Wildman–Crippen LogP) is 2.47. The first-order valence-electron chi connectivity index (χ1n) is 6.16. The van der Waals surface area contributed by atoms with Gasteiger partial charge in [0.05, 0.1) is 18.3 Å². The molecule has 1 fully saturated rings. The van der Waals surface area contributed by atoms with Crippen LogP contribution in [0.1, 0.15) is 31.7 Å². The zero-order valence-electron chi connectivity index (χ0n) is 10.5. The van der Waals surface area contributed by atoms with E-state index in [1.165, 1.54) is 0 Å². The third-order valence-corrected chi connectivity index (χ3v) is 3.33. The summed E-state index contributed by atoms with van der Waals surface area (Å²) in [7, 11) is 1.69. The van der Waals surface area contributed by atoms with Crippen LogP contribution in [-0.4, -0.2) is 24.9 Å². The van der Waals surface area contributed by atoms with Crippen molar-refractivity contribution in [2.45, 2.75) is 37.9 Å². The number of benzene rings is 1. The summed E-state index contributed by atoms with van der Waals surface area (Å²) in [6, 6.07) is 7.72. The molecule has 1 aromatic carbocycles. The standard InChI is InChI=1S/C14H20O3/c1-3-8-17-12-6-4-11(5-7-12)14(15)9-13(10-14)16-2/h4-7,13,15H,3,8-10H2,1-2H3. The summed E-state index contributed by atoms with van der Waals surface area (Å²) in [6.45, 7) is 2.81. The summed E-state index contributed by atoms with van der Waals surface area (Å²) >= 11 is 0. The van der Waals surface area contributed by atoms with Crippen LogP contribution in [0, 0.1) is 0 Å². The van der Waals surface area contributed by atoms with E-state index in [0.29, 0.717) is 12.8 Å². The molecule has 1 N–H and O–H groups in total. The van der Waals surface area contributed by atoms with Crippen LogP contribution in [0.4, 0.5) is 0 Å². The van der Waals surface area contributed by atoms with Crippen molar-refractivity contribution in [3.05, 3.63) is 29.8 Å². The van der Waals surface area contributed by atoms with Crippen LogP contribution in [0.2, 0.25) is 0 Å². The first-order valence-corrected chi connectivity index (χ1v) is 6.16. The van der Waals surface area contributed by atoms with Gasteiger partial charge in [-0.1, -0.05) is 19.1 Å². The van der Waals surface area contributed by atoms with Crippen molar-refractivity contribution in [2.24, 2.45) is 0 Å². The van der Waals surface area contributed by atoms with Crippen molar-refractivity contribution >= 4 is 0 Å². The molecule has 0 bridgehead atoms. The van der Waals surface area contributed by atoms with E-state index in [0.717, 1.165) is 24.3 Å². The average Bonchev–Trinajstić information content (AvgIpc) is 2.33. The fraction of sp³-hybridized carbons (Fsp3) is 0.571. The highest BCUT2D eigenvalue weighted by Crippen LogP contribution is 2.42. The Morgan fingerprint density at radius 2 is 1.94 bits per heavy atom. The minimum atomic E-state index is -0.704. The van der Waals surface area contributed by atoms with Crippen molar-refractivity contribution in [1.29, 1.82) is 0 Å². The van der Waals surface area contributed by atoms with Crippen LogP contribution < -0.4 is 4.74 Å². The summed E-state index contributed by atoms with van der Waals surface area (Å²) in [6.07, 6.45) is 2.55. The zero-order valence-corrected chi connectivity index (χ0v) is 10.5. The Hall–Kier alpha value is -1.06. The van der Waals surface area contributed by atoms with Gasteiger partial charge in [-0.05, 0) is 24.1 Å². The molecule has 0 amide bonds. The van der Waals surface area contributed by atoms with Gasteiger partial charge in [0.25, 0.3) is 0 Å². The SMILES string of the molecule is CCCOc1ccc(C2(O)CC(OC)C2)cc1. The van der Waals surface area contributed by atoms with Gasteiger partial charge in [-0.25, -0.2) is 0 Å². The third-order valence-electron chi connectivity index (χ3n) is 3.33. The average molecular weight is 236 g/mol. The van der Waals surface area contributed by atoms with Gasteiger partial charge < -0.3 is 14.6 Å². The fourth-order valence-electron chi connectivity index (χ4n) is 2.18.